The highest BCUT2D eigenvalue weighted by Crippen LogP contribution is 2.28. The maximum atomic E-state index is 5.00. The number of para-hydroxylation sites is 1. The number of aromatic nitrogens is 2. The molecule has 1 aromatic heterocycles. The normalized spacial score (nSPS) is 20.3. The minimum absolute atomic E-state index is 0.933. The molecule has 0 atom stereocenters. The number of piperazine rings is 1. The second-order valence-corrected chi connectivity index (χ2v) is 8.08. The molecule has 3 fully saturated rings. The highest BCUT2D eigenvalue weighted by Gasteiger charge is 2.24. The SMILES string of the molecule is c1ccc(N2CCN(c3cc(N4CCCC4)nc(N4CCCC4)n3)CC2)cc1. The van der Waals surface area contributed by atoms with E-state index in [1.165, 1.54) is 31.4 Å². The molecule has 3 aliphatic rings. The predicted molar refractivity (Wildman–Crippen MR) is 116 cm³/mol. The largest absolute Gasteiger partial charge is 0.368 e. The average Bonchev–Trinajstić information content (AvgIpc) is 3.48. The fourth-order valence-electron chi connectivity index (χ4n) is 4.57. The van der Waals surface area contributed by atoms with Crippen molar-refractivity contribution in [1.29, 1.82) is 0 Å². The van der Waals surface area contributed by atoms with Gasteiger partial charge in [0.15, 0.2) is 0 Å². The summed E-state index contributed by atoms with van der Waals surface area (Å²) in [6.07, 6.45) is 5.05. The second-order valence-electron chi connectivity index (χ2n) is 8.08. The maximum absolute atomic E-state index is 5.00. The van der Waals surface area contributed by atoms with Crippen molar-refractivity contribution in [2.45, 2.75) is 25.7 Å². The Morgan fingerprint density at radius 1 is 0.536 bits per heavy atom. The molecule has 6 heteroatoms. The molecule has 0 aliphatic carbocycles. The Hall–Kier alpha value is -2.50. The summed E-state index contributed by atoms with van der Waals surface area (Å²) in [6, 6.07) is 13.0. The first-order chi connectivity index (χ1) is 13.9. The van der Waals surface area contributed by atoms with Gasteiger partial charge in [0.2, 0.25) is 5.95 Å². The summed E-state index contributed by atoms with van der Waals surface area (Å²) in [5.41, 5.74) is 1.32. The lowest BCUT2D eigenvalue weighted by Crippen LogP contribution is -2.47. The zero-order chi connectivity index (χ0) is 18.8. The molecule has 0 radical (unpaired) electrons. The Balaban J connectivity index is 1.36. The lowest BCUT2D eigenvalue weighted by atomic mass is 10.2. The van der Waals surface area contributed by atoms with E-state index in [1.54, 1.807) is 0 Å². The molecule has 0 unspecified atom stereocenters. The zero-order valence-electron chi connectivity index (χ0n) is 16.6. The molecule has 6 nitrogen and oxygen atoms in total. The molecular formula is C22H30N6. The smallest absolute Gasteiger partial charge is 0.229 e. The minimum atomic E-state index is 0.933. The number of hydrogen-bond donors (Lipinski definition) is 0. The van der Waals surface area contributed by atoms with Crippen LogP contribution in [0.25, 0.3) is 0 Å². The number of nitrogens with zero attached hydrogens (tertiary/aromatic N) is 6. The van der Waals surface area contributed by atoms with Gasteiger partial charge >= 0.3 is 0 Å². The first-order valence-electron chi connectivity index (χ1n) is 10.8. The Morgan fingerprint density at radius 2 is 1.04 bits per heavy atom. The molecule has 0 N–H and O–H groups in total. The lowest BCUT2D eigenvalue weighted by molar-refractivity contribution is 0.646. The third-order valence-electron chi connectivity index (χ3n) is 6.23. The Labute approximate surface area is 167 Å². The van der Waals surface area contributed by atoms with Crippen LogP contribution in [0.1, 0.15) is 25.7 Å². The van der Waals surface area contributed by atoms with Crippen LogP contribution in [0.2, 0.25) is 0 Å². The van der Waals surface area contributed by atoms with E-state index >= 15 is 0 Å². The van der Waals surface area contributed by atoms with Gasteiger partial charge in [-0.25, -0.2) is 0 Å². The van der Waals surface area contributed by atoms with E-state index in [9.17, 15) is 0 Å². The molecule has 28 heavy (non-hydrogen) atoms. The van der Waals surface area contributed by atoms with Crippen LogP contribution in [0.15, 0.2) is 36.4 Å². The van der Waals surface area contributed by atoms with Crippen LogP contribution in [-0.2, 0) is 0 Å². The van der Waals surface area contributed by atoms with Crippen molar-refractivity contribution in [1.82, 2.24) is 9.97 Å². The van der Waals surface area contributed by atoms with Crippen LogP contribution in [0, 0.1) is 0 Å². The highest BCUT2D eigenvalue weighted by atomic mass is 15.3. The molecule has 0 amide bonds. The molecule has 0 bridgehead atoms. The van der Waals surface area contributed by atoms with Crippen LogP contribution >= 0.6 is 0 Å². The monoisotopic (exact) mass is 378 g/mol. The van der Waals surface area contributed by atoms with Crippen LogP contribution in [0.5, 0.6) is 0 Å². The van der Waals surface area contributed by atoms with E-state index < -0.39 is 0 Å². The van der Waals surface area contributed by atoms with E-state index in [-0.39, 0.29) is 0 Å². The summed E-state index contributed by atoms with van der Waals surface area (Å²) in [5.74, 6) is 3.16. The van der Waals surface area contributed by atoms with E-state index in [4.69, 9.17) is 9.97 Å². The first kappa shape index (κ1) is 17.6. The van der Waals surface area contributed by atoms with Gasteiger partial charge in [-0.05, 0) is 37.8 Å². The third kappa shape index (κ3) is 3.60. The second kappa shape index (κ2) is 7.86. The topological polar surface area (TPSA) is 38.7 Å². The lowest BCUT2D eigenvalue weighted by Gasteiger charge is -2.37. The molecule has 0 spiro atoms. The van der Waals surface area contributed by atoms with Crippen LogP contribution < -0.4 is 19.6 Å². The van der Waals surface area contributed by atoms with Gasteiger partial charge in [0.05, 0.1) is 0 Å². The summed E-state index contributed by atoms with van der Waals surface area (Å²) in [7, 11) is 0. The van der Waals surface area contributed by atoms with Crippen molar-refractivity contribution in [3.8, 4) is 0 Å². The summed E-state index contributed by atoms with van der Waals surface area (Å²) in [4.78, 5) is 19.7. The van der Waals surface area contributed by atoms with Gasteiger partial charge in [0.1, 0.15) is 11.6 Å². The summed E-state index contributed by atoms with van der Waals surface area (Å²) >= 11 is 0. The number of hydrogen-bond acceptors (Lipinski definition) is 6. The summed E-state index contributed by atoms with van der Waals surface area (Å²) in [6.45, 7) is 8.50. The van der Waals surface area contributed by atoms with E-state index in [0.717, 1.165) is 69.9 Å². The molecular weight excluding hydrogens is 348 g/mol. The first-order valence-corrected chi connectivity index (χ1v) is 10.8. The van der Waals surface area contributed by atoms with Crippen molar-refractivity contribution in [3.63, 3.8) is 0 Å². The van der Waals surface area contributed by atoms with E-state index in [1.807, 2.05) is 0 Å². The Bertz CT molecular complexity index is 741. The fourth-order valence-corrected chi connectivity index (χ4v) is 4.57. The van der Waals surface area contributed by atoms with Gasteiger partial charge in [-0.2, -0.15) is 9.97 Å². The van der Waals surface area contributed by atoms with E-state index in [0.29, 0.717) is 0 Å². The third-order valence-corrected chi connectivity index (χ3v) is 6.23. The molecule has 2 aromatic rings. The standard InChI is InChI=1S/C22H30N6/c1-2-8-19(9-3-1)25-14-16-27(17-15-25)21-18-20(26-10-4-5-11-26)23-22(24-21)28-12-6-7-13-28/h1-3,8-9,18H,4-7,10-17H2. The van der Waals surface area contributed by atoms with Crippen molar-refractivity contribution >= 4 is 23.3 Å². The highest BCUT2D eigenvalue weighted by molar-refractivity contribution is 5.57. The van der Waals surface area contributed by atoms with Gasteiger partial charge in [0.25, 0.3) is 0 Å². The molecule has 0 saturated carbocycles. The van der Waals surface area contributed by atoms with Crippen molar-refractivity contribution < 1.29 is 0 Å². The Morgan fingerprint density at radius 3 is 1.64 bits per heavy atom. The Kier molecular flexibility index (Phi) is 4.93. The molecule has 5 rings (SSSR count). The minimum Gasteiger partial charge on any atom is -0.368 e. The number of benzene rings is 1. The molecule has 3 saturated heterocycles. The maximum Gasteiger partial charge on any atom is 0.229 e. The molecule has 3 aliphatic heterocycles. The summed E-state index contributed by atoms with van der Waals surface area (Å²) in [5, 5.41) is 0. The molecule has 4 heterocycles. The van der Waals surface area contributed by atoms with Gasteiger partial charge in [-0.1, -0.05) is 18.2 Å². The van der Waals surface area contributed by atoms with Crippen molar-refractivity contribution in [3.05, 3.63) is 36.4 Å². The average molecular weight is 379 g/mol. The van der Waals surface area contributed by atoms with Gasteiger partial charge in [-0.3, -0.25) is 0 Å². The van der Waals surface area contributed by atoms with Gasteiger partial charge < -0.3 is 19.6 Å². The van der Waals surface area contributed by atoms with Crippen LogP contribution in [-0.4, -0.2) is 62.3 Å². The predicted octanol–water partition coefficient (Wildman–Crippen LogP) is 3.00. The molecule has 1 aromatic carbocycles. The van der Waals surface area contributed by atoms with Crippen LogP contribution in [0.3, 0.4) is 0 Å². The van der Waals surface area contributed by atoms with Crippen LogP contribution in [0.4, 0.5) is 23.3 Å². The zero-order valence-corrected chi connectivity index (χ0v) is 16.6. The summed E-state index contributed by atoms with van der Waals surface area (Å²) < 4.78 is 0. The van der Waals surface area contributed by atoms with Gasteiger partial charge in [-0.15, -0.1) is 0 Å². The van der Waals surface area contributed by atoms with E-state index in [2.05, 4.69) is 56.0 Å². The number of rotatable bonds is 4. The van der Waals surface area contributed by atoms with Gasteiger partial charge in [0, 0.05) is 64.1 Å². The van der Waals surface area contributed by atoms with Crippen molar-refractivity contribution in [2.75, 3.05) is 72.0 Å². The fraction of sp³-hybridized carbons (Fsp3) is 0.545. The quantitative estimate of drug-likeness (QED) is 0.814. The van der Waals surface area contributed by atoms with Crippen molar-refractivity contribution in [2.24, 2.45) is 0 Å². The molecule has 148 valence electrons. The number of anilines is 4.